The summed E-state index contributed by atoms with van der Waals surface area (Å²) in [6.07, 6.45) is 2.12. The van der Waals surface area contributed by atoms with Crippen LogP contribution in [0.25, 0.3) is 5.65 Å². The van der Waals surface area contributed by atoms with Crippen molar-refractivity contribution in [2.75, 3.05) is 17.2 Å². The zero-order valence-electron chi connectivity index (χ0n) is 10.5. The summed E-state index contributed by atoms with van der Waals surface area (Å²) in [5.74, 6) is 2.22. The van der Waals surface area contributed by atoms with Gasteiger partial charge in [-0.1, -0.05) is 6.07 Å². The third-order valence-electron chi connectivity index (χ3n) is 3.58. The second kappa shape index (κ2) is 4.48. The molecule has 102 valence electrons. The number of fused-ring (bicyclic) bond motifs is 1. The molecule has 0 amide bonds. The van der Waals surface area contributed by atoms with E-state index in [1.165, 1.54) is 0 Å². The molecule has 3 heterocycles. The lowest BCUT2D eigenvalue weighted by Gasteiger charge is -2.20. The highest BCUT2D eigenvalue weighted by Gasteiger charge is 2.24. The van der Waals surface area contributed by atoms with Gasteiger partial charge in [0.2, 0.25) is 0 Å². The van der Waals surface area contributed by atoms with Crippen molar-refractivity contribution in [1.82, 2.24) is 14.6 Å². The van der Waals surface area contributed by atoms with E-state index >= 15 is 0 Å². The molecule has 2 aromatic heterocycles. The Morgan fingerprint density at radius 3 is 2.74 bits per heavy atom. The first-order valence-electron chi connectivity index (χ1n) is 6.34. The summed E-state index contributed by atoms with van der Waals surface area (Å²) >= 11 is 0. The van der Waals surface area contributed by atoms with Gasteiger partial charge in [-0.25, -0.2) is 13.4 Å². The van der Waals surface area contributed by atoms with E-state index in [4.69, 9.17) is 5.73 Å². The van der Waals surface area contributed by atoms with Crippen molar-refractivity contribution >= 4 is 21.3 Å². The Labute approximate surface area is 111 Å². The van der Waals surface area contributed by atoms with Crippen LogP contribution in [0.15, 0.2) is 18.2 Å². The number of nitrogen functional groups attached to an aromatic ring is 1. The Morgan fingerprint density at radius 2 is 2.05 bits per heavy atom. The SMILES string of the molecule is Nc1cccc2nc(CC3CCS(=O)(=O)CC3)nn12. The molecule has 0 radical (unpaired) electrons. The molecule has 0 aliphatic carbocycles. The largest absolute Gasteiger partial charge is 0.384 e. The quantitative estimate of drug-likeness (QED) is 0.873. The van der Waals surface area contributed by atoms with Crippen LogP contribution in [0.5, 0.6) is 0 Å². The summed E-state index contributed by atoms with van der Waals surface area (Å²) in [5.41, 5.74) is 6.55. The zero-order chi connectivity index (χ0) is 13.5. The van der Waals surface area contributed by atoms with Gasteiger partial charge in [0.25, 0.3) is 0 Å². The van der Waals surface area contributed by atoms with Crippen LogP contribution >= 0.6 is 0 Å². The van der Waals surface area contributed by atoms with E-state index in [-0.39, 0.29) is 11.5 Å². The van der Waals surface area contributed by atoms with Crippen LogP contribution in [0.3, 0.4) is 0 Å². The molecule has 19 heavy (non-hydrogen) atoms. The van der Waals surface area contributed by atoms with Gasteiger partial charge < -0.3 is 5.73 Å². The van der Waals surface area contributed by atoms with Gasteiger partial charge in [-0.15, -0.1) is 5.10 Å². The summed E-state index contributed by atoms with van der Waals surface area (Å²) in [6, 6.07) is 5.48. The van der Waals surface area contributed by atoms with E-state index in [0.717, 1.165) is 17.9 Å². The molecule has 7 heteroatoms. The number of hydrogen-bond donors (Lipinski definition) is 1. The van der Waals surface area contributed by atoms with E-state index in [1.807, 2.05) is 12.1 Å². The minimum Gasteiger partial charge on any atom is -0.384 e. The van der Waals surface area contributed by atoms with Crippen LogP contribution in [0, 0.1) is 5.92 Å². The fourth-order valence-electron chi connectivity index (χ4n) is 2.46. The summed E-state index contributed by atoms with van der Waals surface area (Å²) in [6.45, 7) is 0. The minimum absolute atomic E-state index is 0.285. The van der Waals surface area contributed by atoms with Crippen LogP contribution < -0.4 is 5.73 Å². The molecular formula is C12H16N4O2S. The fourth-order valence-corrected chi connectivity index (χ4v) is 4.05. The molecule has 3 rings (SSSR count). The van der Waals surface area contributed by atoms with Crippen molar-refractivity contribution < 1.29 is 8.42 Å². The highest BCUT2D eigenvalue weighted by atomic mass is 32.2. The van der Waals surface area contributed by atoms with Gasteiger partial charge in [0.15, 0.2) is 11.5 Å². The third-order valence-corrected chi connectivity index (χ3v) is 5.29. The van der Waals surface area contributed by atoms with Gasteiger partial charge in [0, 0.05) is 6.42 Å². The Balaban J connectivity index is 1.77. The maximum atomic E-state index is 11.4. The zero-order valence-corrected chi connectivity index (χ0v) is 11.3. The first-order chi connectivity index (χ1) is 9.03. The minimum atomic E-state index is -2.81. The lowest BCUT2D eigenvalue weighted by molar-refractivity contribution is 0.454. The predicted molar refractivity (Wildman–Crippen MR) is 72.5 cm³/mol. The van der Waals surface area contributed by atoms with Gasteiger partial charge in [-0.05, 0) is 30.9 Å². The summed E-state index contributed by atoms with van der Waals surface area (Å²) in [5, 5.41) is 4.37. The van der Waals surface area contributed by atoms with Gasteiger partial charge >= 0.3 is 0 Å². The van der Waals surface area contributed by atoms with E-state index < -0.39 is 9.84 Å². The second-order valence-electron chi connectivity index (χ2n) is 5.05. The van der Waals surface area contributed by atoms with E-state index in [2.05, 4.69) is 10.1 Å². The number of anilines is 1. The molecule has 2 aromatic rings. The Morgan fingerprint density at radius 1 is 1.32 bits per heavy atom. The maximum Gasteiger partial charge on any atom is 0.157 e. The average Bonchev–Trinajstić information content (AvgIpc) is 2.76. The van der Waals surface area contributed by atoms with E-state index in [9.17, 15) is 8.42 Å². The third kappa shape index (κ3) is 2.56. The molecular weight excluding hydrogens is 264 g/mol. The van der Waals surface area contributed by atoms with Crippen molar-refractivity contribution in [2.24, 2.45) is 5.92 Å². The molecule has 6 nitrogen and oxygen atoms in total. The van der Waals surface area contributed by atoms with Crippen molar-refractivity contribution in [3.8, 4) is 0 Å². The molecule has 2 N–H and O–H groups in total. The number of hydrogen-bond acceptors (Lipinski definition) is 5. The smallest absolute Gasteiger partial charge is 0.157 e. The molecule has 1 saturated heterocycles. The monoisotopic (exact) mass is 280 g/mol. The molecule has 0 aromatic carbocycles. The average molecular weight is 280 g/mol. The Kier molecular flexibility index (Phi) is 2.93. The van der Waals surface area contributed by atoms with Crippen LogP contribution in [0.1, 0.15) is 18.7 Å². The van der Waals surface area contributed by atoms with Crippen LogP contribution in [0.4, 0.5) is 5.82 Å². The maximum absolute atomic E-state index is 11.4. The molecule has 1 fully saturated rings. The number of pyridine rings is 1. The number of nitrogens with two attached hydrogens (primary N) is 1. The number of rotatable bonds is 2. The fraction of sp³-hybridized carbons (Fsp3) is 0.500. The first-order valence-corrected chi connectivity index (χ1v) is 8.16. The van der Waals surface area contributed by atoms with E-state index in [0.29, 0.717) is 24.6 Å². The van der Waals surface area contributed by atoms with Crippen molar-refractivity contribution in [2.45, 2.75) is 19.3 Å². The Bertz CT molecular complexity index is 694. The number of nitrogens with zero attached hydrogens (tertiary/aromatic N) is 3. The lowest BCUT2D eigenvalue weighted by Crippen LogP contribution is -2.24. The highest BCUT2D eigenvalue weighted by Crippen LogP contribution is 2.22. The molecule has 0 spiro atoms. The molecule has 0 bridgehead atoms. The molecule has 0 saturated carbocycles. The highest BCUT2D eigenvalue weighted by molar-refractivity contribution is 7.91. The van der Waals surface area contributed by atoms with Crippen LogP contribution in [-0.4, -0.2) is 34.5 Å². The predicted octanol–water partition coefficient (Wildman–Crippen LogP) is 0.679. The molecule has 0 unspecified atom stereocenters. The standard InChI is InChI=1S/C12H16N4O2S/c13-10-2-1-3-12-14-11(15-16(10)12)8-9-4-6-19(17,18)7-5-9/h1-3,9H,4-8,13H2. The summed E-state index contributed by atoms with van der Waals surface area (Å²) in [4.78, 5) is 4.43. The molecule has 1 aliphatic rings. The summed E-state index contributed by atoms with van der Waals surface area (Å²) in [7, 11) is -2.81. The van der Waals surface area contributed by atoms with Gasteiger partial charge in [0.05, 0.1) is 11.5 Å². The van der Waals surface area contributed by atoms with E-state index in [1.54, 1.807) is 10.6 Å². The Hall–Kier alpha value is -1.63. The van der Waals surface area contributed by atoms with Crippen LogP contribution in [-0.2, 0) is 16.3 Å². The topological polar surface area (TPSA) is 90.3 Å². The number of aromatic nitrogens is 3. The van der Waals surface area contributed by atoms with Gasteiger partial charge in [-0.3, -0.25) is 0 Å². The molecule has 1 aliphatic heterocycles. The second-order valence-corrected chi connectivity index (χ2v) is 7.35. The van der Waals surface area contributed by atoms with Crippen molar-refractivity contribution in [3.05, 3.63) is 24.0 Å². The van der Waals surface area contributed by atoms with Crippen LogP contribution in [0.2, 0.25) is 0 Å². The number of sulfone groups is 1. The van der Waals surface area contributed by atoms with Gasteiger partial charge in [-0.2, -0.15) is 4.52 Å². The van der Waals surface area contributed by atoms with Crippen molar-refractivity contribution in [1.29, 1.82) is 0 Å². The first kappa shape index (κ1) is 12.4. The van der Waals surface area contributed by atoms with Gasteiger partial charge in [0.1, 0.15) is 15.7 Å². The normalized spacial score (nSPS) is 19.8. The summed E-state index contributed by atoms with van der Waals surface area (Å²) < 4.78 is 24.4. The molecule has 0 atom stereocenters. The lowest BCUT2D eigenvalue weighted by atomic mass is 9.99. The van der Waals surface area contributed by atoms with Crippen molar-refractivity contribution in [3.63, 3.8) is 0 Å².